The van der Waals surface area contributed by atoms with Crippen LogP contribution in [0.15, 0.2) is 72.8 Å². The zero-order valence-corrected chi connectivity index (χ0v) is 25.1. The molecule has 3 aromatic rings. The van der Waals surface area contributed by atoms with Crippen molar-refractivity contribution in [1.82, 2.24) is 0 Å². The lowest BCUT2D eigenvalue weighted by molar-refractivity contribution is -0.191. The van der Waals surface area contributed by atoms with Crippen LogP contribution in [0.4, 0.5) is 4.79 Å². The molecule has 5 unspecified atom stereocenters. The summed E-state index contributed by atoms with van der Waals surface area (Å²) in [6.45, 7) is 0. The van der Waals surface area contributed by atoms with Crippen molar-refractivity contribution in [2.24, 2.45) is 11.7 Å². The van der Waals surface area contributed by atoms with Crippen molar-refractivity contribution in [3.05, 3.63) is 95.1 Å². The van der Waals surface area contributed by atoms with Crippen molar-refractivity contribution in [3.63, 3.8) is 0 Å². The lowest BCUT2D eigenvalue weighted by Gasteiger charge is -2.62. The van der Waals surface area contributed by atoms with Crippen LogP contribution in [0.25, 0.3) is 0 Å². The van der Waals surface area contributed by atoms with Crippen LogP contribution in [0.3, 0.4) is 0 Å². The van der Waals surface area contributed by atoms with E-state index in [9.17, 15) is 9.59 Å². The topological polar surface area (TPSA) is 97.1 Å². The van der Waals surface area contributed by atoms with E-state index in [-0.39, 0.29) is 35.7 Å². The number of carbonyl (C=O) groups excluding carboxylic acids is 2. The summed E-state index contributed by atoms with van der Waals surface area (Å²) in [5.74, 6) is 1.13. The Balaban J connectivity index is 1.08. The maximum Gasteiger partial charge on any atom is 0.509 e. The Labute approximate surface area is 258 Å². The van der Waals surface area contributed by atoms with Crippen LogP contribution < -0.4 is 15.2 Å². The highest BCUT2D eigenvalue weighted by Gasteiger charge is 2.75. The Morgan fingerprint density at radius 1 is 0.886 bits per heavy atom. The largest absolute Gasteiger partial charge is 0.509 e. The first-order valence-electron chi connectivity index (χ1n) is 16.1. The van der Waals surface area contributed by atoms with Crippen LogP contribution in [0.1, 0.15) is 73.6 Å². The van der Waals surface area contributed by atoms with Crippen molar-refractivity contribution in [2.45, 2.75) is 92.5 Å². The third-order valence-electron chi connectivity index (χ3n) is 11.7. The number of nitrogens with two attached hydrogens (primary N) is 1. The average Bonchev–Trinajstić information content (AvgIpc) is 3.42. The molecule has 1 spiro atoms. The minimum atomic E-state index is -0.975. The number of hydrogen-bond donors (Lipinski definition) is 1. The summed E-state index contributed by atoms with van der Waals surface area (Å²) in [5.41, 5.74) is 9.57. The van der Waals surface area contributed by atoms with Crippen LogP contribution in [0.2, 0.25) is 0 Å². The first-order chi connectivity index (χ1) is 21.4. The molecule has 228 valence electrons. The quantitative estimate of drug-likeness (QED) is 0.353. The second-order valence-electron chi connectivity index (χ2n) is 13.5. The maximum atomic E-state index is 13.9. The summed E-state index contributed by atoms with van der Waals surface area (Å²) in [6, 6.07) is 25.1. The van der Waals surface area contributed by atoms with Gasteiger partial charge in [-0.3, -0.25) is 4.79 Å². The molecule has 0 aromatic heterocycles. The molecule has 1 heterocycles. The molecule has 7 nitrogen and oxygen atoms in total. The summed E-state index contributed by atoms with van der Waals surface area (Å²) in [5, 5.41) is 0. The molecule has 7 heteroatoms. The van der Waals surface area contributed by atoms with E-state index in [1.54, 1.807) is 7.11 Å². The van der Waals surface area contributed by atoms with E-state index < -0.39 is 23.3 Å². The predicted molar refractivity (Wildman–Crippen MR) is 164 cm³/mol. The zero-order chi connectivity index (χ0) is 30.1. The van der Waals surface area contributed by atoms with Gasteiger partial charge in [0, 0.05) is 29.4 Å². The molecule has 3 aromatic carbocycles. The van der Waals surface area contributed by atoms with E-state index in [1.807, 2.05) is 6.07 Å². The molecule has 2 bridgehead atoms. The van der Waals surface area contributed by atoms with Crippen molar-refractivity contribution < 1.29 is 28.5 Å². The molecule has 5 atom stereocenters. The number of ether oxygens (including phenoxy) is 4. The van der Waals surface area contributed by atoms with Gasteiger partial charge in [-0.15, -0.1) is 0 Å². The molecule has 8 rings (SSSR count). The van der Waals surface area contributed by atoms with Crippen molar-refractivity contribution in [3.8, 4) is 11.5 Å². The van der Waals surface area contributed by atoms with E-state index in [2.05, 4.69) is 66.7 Å². The number of rotatable bonds is 5. The van der Waals surface area contributed by atoms with Gasteiger partial charge in [0.2, 0.25) is 0 Å². The number of Topliss-reactive ketones (excluding diaryl/α,β-unsaturated/α-hetero) is 1. The number of ketones is 1. The molecular weight excluding hydrogens is 554 g/mol. The second kappa shape index (κ2) is 10.1. The highest BCUT2D eigenvalue weighted by atomic mass is 16.7. The first kappa shape index (κ1) is 27.7. The molecule has 44 heavy (non-hydrogen) atoms. The van der Waals surface area contributed by atoms with Gasteiger partial charge in [-0.25, -0.2) is 4.79 Å². The molecule has 0 radical (unpaired) electrons. The highest BCUT2D eigenvalue weighted by molar-refractivity contribution is 5.90. The van der Waals surface area contributed by atoms with Gasteiger partial charge in [-0.05, 0) is 74.1 Å². The van der Waals surface area contributed by atoms with E-state index >= 15 is 0 Å². The molecular formula is C37H39NO6. The summed E-state index contributed by atoms with van der Waals surface area (Å²) in [6.07, 6.45) is 4.25. The van der Waals surface area contributed by atoms with Gasteiger partial charge in [-0.2, -0.15) is 0 Å². The lowest BCUT2D eigenvalue weighted by atomic mass is 9.44. The van der Waals surface area contributed by atoms with Gasteiger partial charge in [0.1, 0.15) is 11.7 Å². The third kappa shape index (κ3) is 3.71. The van der Waals surface area contributed by atoms with Gasteiger partial charge in [0.25, 0.3) is 0 Å². The minimum Gasteiger partial charge on any atom is -0.493 e. The standard InChI is InChI=1S/C37H39NO6/c1-41-30-13-12-23-22-27-28(38)16-20-36-31(23)32(30)43-33(36)29(39)17-21-37(27,36)44-34(40)42-26-14-18-35(19-15-26,24-8-4-2-5-9-24)25-10-6-3-7-11-25/h2-13,26-28,33H,14-22,38H2,1H3. The van der Waals surface area contributed by atoms with E-state index in [0.717, 1.165) is 43.2 Å². The number of methoxy groups -OCH3 is 1. The molecule has 4 aliphatic carbocycles. The summed E-state index contributed by atoms with van der Waals surface area (Å²) in [4.78, 5) is 27.3. The predicted octanol–water partition coefficient (Wildman–Crippen LogP) is 6.17. The number of carbonyl (C=O) groups is 2. The number of hydrogen-bond acceptors (Lipinski definition) is 7. The summed E-state index contributed by atoms with van der Waals surface area (Å²) in [7, 11) is 1.61. The zero-order valence-electron chi connectivity index (χ0n) is 25.1. The normalized spacial score (nSPS) is 31.4. The summed E-state index contributed by atoms with van der Waals surface area (Å²) < 4.78 is 24.9. The SMILES string of the molecule is COc1ccc2c3c1OC1C(=O)CCC4(OC(=O)OC5CCC(c6ccccc6)(c6ccccc6)CC5)C(C2)C(N)CCC314. The van der Waals surface area contributed by atoms with E-state index in [1.165, 1.54) is 11.1 Å². The van der Waals surface area contributed by atoms with Crippen molar-refractivity contribution in [2.75, 3.05) is 7.11 Å². The molecule has 2 N–H and O–H groups in total. The molecule has 5 aliphatic rings. The fraction of sp³-hybridized carbons (Fsp3) is 0.459. The highest BCUT2D eigenvalue weighted by Crippen LogP contribution is 2.68. The minimum absolute atomic E-state index is 0.0448. The molecule has 0 saturated heterocycles. The second-order valence-corrected chi connectivity index (χ2v) is 13.5. The van der Waals surface area contributed by atoms with Gasteiger partial charge in [0.15, 0.2) is 23.4 Å². The average molecular weight is 594 g/mol. The van der Waals surface area contributed by atoms with Crippen LogP contribution in [-0.2, 0) is 31.5 Å². The van der Waals surface area contributed by atoms with Crippen LogP contribution in [0, 0.1) is 5.92 Å². The van der Waals surface area contributed by atoms with Crippen LogP contribution in [-0.4, -0.2) is 42.9 Å². The van der Waals surface area contributed by atoms with Crippen LogP contribution >= 0.6 is 0 Å². The monoisotopic (exact) mass is 593 g/mol. The molecule has 1 aliphatic heterocycles. The van der Waals surface area contributed by atoms with Gasteiger partial charge in [-0.1, -0.05) is 66.7 Å². The Bertz CT molecular complexity index is 1560. The van der Waals surface area contributed by atoms with Gasteiger partial charge in [0.05, 0.1) is 12.5 Å². The third-order valence-corrected chi connectivity index (χ3v) is 11.7. The Morgan fingerprint density at radius 2 is 1.57 bits per heavy atom. The Hall–Kier alpha value is -3.84. The Morgan fingerprint density at radius 3 is 2.23 bits per heavy atom. The van der Waals surface area contributed by atoms with Gasteiger partial charge < -0.3 is 24.7 Å². The first-order valence-corrected chi connectivity index (χ1v) is 16.1. The van der Waals surface area contributed by atoms with E-state index in [0.29, 0.717) is 30.8 Å². The van der Waals surface area contributed by atoms with E-state index in [4.69, 9.17) is 24.7 Å². The molecule has 0 amide bonds. The fourth-order valence-electron chi connectivity index (χ4n) is 9.79. The smallest absolute Gasteiger partial charge is 0.493 e. The van der Waals surface area contributed by atoms with Crippen molar-refractivity contribution >= 4 is 11.9 Å². The van der Waals surface area contributed by atoms with Crippen molar-refractivity contribution in [1.29, 1.82) is 0 Å². The maximum absolute atomic E-state index is 13.9. The molecule has 3 fully saturated rings. The fourth-order valence-corrected chi connectivity index (χ4v) is 9.79. The van der Waals surface area contributed by atoms with Crippen LogP contribution in [0.5, 0.6) is 11.5 Å². The van der Waals surface area contributed by atoms with Gasteiger partial charge >= 0.3 is 6.16 Å². The molecule has 3 saturated carbocycles. The lowest BCUT2D eigenvalue weighted by Crippen LogP contribution is -2.74. The summed E-state index contributed by atoms with van der Waals surface area (Å²) >= 11 is 0. The Kier molecular flexibility index (Phi) is 6.35. The number of benzene rings is 3.